The van der Waals surface area contributed by atoms with E-state index >= 15 is 0 Å². The molecule has 0 unspecified atom stereocenters. The molecule has 0 radical (unpaired) electrons. The molecule has 0 spiro atoms. The fourth-order valence-corrected chi connectivity index (χ4v) is 3.93. The number of tetrazole rings is 1. The highest BCUT2D eigenvalue weighted by Gasteiger charge is 2.54. The number of amides is 1. The van der Waals surface area contributed by atoms with Crippen molar-refractivity contribution in [3.8, 4) is 11.4 Å². The zero-order valence-corrected chi connectivity index (χ0v) is 13.9. The molecule has 0 atom stereocenters. The Bertz CT molecular complexity index is 997. The summed E-state index contributed by atoms with van der Waals surface area (Å²) < 4.78 is 14.3. The van der Waals surface area contributed by atoms with Crippen LogP contribution in [0.15, 0.2) is 42.5 Å². The maximum Gasteiger partial charge on any atom is 0.233 e. The zero-order valence-electron chi connectivity index (χ0n) is 13.9. The van der Waals surface area contributed by atoms with Crippen molar-refractivity contribution < 1.29 is 9.18 Å². The quantitative estimate of drug-likeness (QED) is 0.789. The molecule has 3 aromatic rings. The van der Waals surface area contributed by atoms with E-state index in [1.165, 1.54) is 6.07 Å². The van der Waals surface area contributed by atoms with E-state index in [4.69, 9.17) is 0 Å². The number of carbonyl (C=O) groups is 1. The Morgan fingerprint density at radius 1 is 1.12 bits per heavy atom. The SMILES string of the molecule is O=C(N1Cc2cccc(-c3nn[nH]n3)c2C1)C1(c2ccccc2F)CC1. The Morgan fingerprint density at radius 2 is 1.96 bits per heavy atom. The molecule has 6 nitrogen and oxygen atoms in total. The monoisotopic (exact) mass is 349 g/mol. The summed E-state index contributed by atoms with van der Waals surface area (Å²) in [6, 6.07) is 12.5. The van der Waals surface area contributed by atoms with Gasteiger partial charge in [-0.15, -0.1) is 10.2 Å². The first-order valence-corrected chi connectivity index (χ1v) is 8.58. The predicted molar refractivity (Wildman–Crippen MR) is 91.2 cm³/mol. The molecule has 1 aliphatic heterocycles. The predicted octanol–water partition coefficient (Wildman–Crippen LogP) is 2.58. The van der Waals surface area contributed by atoms with Crippen molar-refractivity contribution in [2.75, 3.05) is 0 Å². The van der Waals surface area contributed by atoms with Crippen molar-refractivity contribution in [2.45, 2.75) is 31.3 Å². The van der Waals surface area contributed by atoms with Gasteiger partial charge in [0.25, 0.3) is 0 Å². The van der Waals surface area contributed by atoms with Gasteiger partial charge in [-0.2, -0.15) is 5.21 Å². The van der Waals surface area contributed by atoms with Crippen molar-refractivity contribution in [1.29, 1.82) is 0 Å². The lowest BCUT2D eigenvalue weighted by Crippen LogP contribution is -2.36. The summed E-state index contributed by atoms with van der Waals surface area (Å²) in [6.07, 6.45) is 1.38. The average molecular weight is 349 g/mol. The number of hydrogen-bond donors (Lipinski definition) is 1. The maximum absolute atomic E-state index is 14.3. The van der Waals surface area contributed by atoms with Crippen molar-refractivity contribution in [3.05, 3.63) is 65.0 Å². The van der Waals surface area contributed by atoms with Gasteiger partial charge in [0, 0.05) is 24.2 Å². The van der Waals surface area contributed by atoms with Crippen molar-refractivity contribution in [2.24, 2.45) is 0 Å². The van der Waals surface area contributed by atoms with Crippen LogP contribution >= 0.6 is 0 Å². The van der Waals surface area contributed by atoms with E-state index in [0.29, 0.717) is 37.3 Å². The van der Waals surface area contributed by atoms with E-state index in [1.807, 2.05) is 23.1 Å². The molecule has 0 bridgehead atoms. The number of halogens is 1. The lowest BCUT2D eigenvalue weighted by molar-refractivity contribution is -0.134. The highest BCUT2D eigenvalue weighted by atomic mass is 19.1. The third kappa shape index (κ3) is 2.16. The highest BCUT2D eigenvalue weighted by molar-refractivity contribution is 5.92. The molecule has 1 aromatic heterocycles. The summed E-state index contributed by atoms with van der Waals surface area (Å²) in [7, 11) is 0. The fourth-order valence-electron chi connectivity index (χ4n) is 3.93. The molecule has 2 aliphatic rings. The summed E-state index contributed by atoms with van der Waals surface area (Å²) in [6.45, 7) is 1.01. The molecule has 1 N–H and O–H groups in total. The Labute approximate surface area is 149 Å². The molecule has 0 saturated heterocycles. The van der Waals surface area contributed by atoms with Crippen LogP contribution in [0.4, 0.5) is 4.39 Å². The van der Waals surface area contributed by atoms with Crippen molar-refractivity contribution >= 4 is 5.91 Å². The van der Waals surface area contributed by atoms with Crippen LogP contribution in [-0.4, -0.2) is 31.4 Å². The van der Waals surface area contributed by atoms with Gasteiger partial charge in [-0.1, -0.05) is 36.4 Å². The second kappa shape index (κ2) is 5.45. The standard InChI is InChI=1S/C19H16FN5O/c20-16-7-2-1-6-15(16)19(8-9-19)18(26)25-10-12-4-3-5-13(14(12)11-25)17-21-23-24-22-17/h1-7H,8-11H2,(H,21,22,23,24). The minimum absolute atomic E-state index is 0.00198. The first-order valence-electron chi connectivity index (χ1n) is 8.58. The van der Waals surface area contributed by atoms with E-state index in [-0.39, 0.29) is 11.7 Å². The molecule has 7 heteroatoms. The lowest BCUT2D eigenvalue weighted by atomic mass is 9.94. The molecule has 1 saturated carbocycles. The van der Waals surface area contributed by atoms with E-state index < -0.39 is 5.41 Å². The van der Waals surface area contributed by atoms with E-state index in [1.54, 1.807) is 18.2 Å². The molecule has 2 heterocycles. The number of rotatable bonds is 3. The summed E-state index contributed by atoms with van der Waals surface area (Å²) in [5, 5.41) is 14.2. The number of aromatic amines is 1. The Balaban J connectivity index is 1.47. The molecule has 1 amide bonds. The van der Waals surface area contributed by atoms with Crippen LogP contribution in [0.3, 0.4) is 0 Å². The van der Waals surface area contributed by atoms with Gasteiger partial charge < -0.3 is 4.90 Å². The summed E-state index contributed by atoms with van der Waals surface area (Å²) in [5.74, 6) is 0.215. The van der Waals surface area contributed by atoms with Gasteiger partial charge in [-0.05, 0) is 35.2 Å². The van der Waals surface area contributed by atoms with Crippen LogP contribution in [-0.2, 0) is 23.3 Å². The zero-order chi connectivity index (χ0) is 17.7. The Hall–Kier alpha value is -3.09. The van der Waals surface area contributed by atoms with Crippen LogP contribution < -0.4 is 0 Å². The van der Waals surface area contributed by atoms with Gasteiger partial charge in [0.05, 0.1) is 5.41 Å². The second-order valence-electron chi connectivity index (χ2n) is 6.90. The third-order valence-electron chi connectivity index (χ3n) is 5.41. The molecule has 26 heavy (non-hydrogen) atoms. The number of aromatic nitrogens is 4. The maximum atomic E-state index is 14.3. The molecule has 1 aliphatic carbocycles. The number of carbonyl (C=O) groups excluding carboxylic acids is 1. The van der Waals surface area contributed by atoms with Crippen LogP contribution in [0, 0.1) is 5.82 Å². The third-order valence-corrected chi connectivity index (χ3v) is 5.41. The smallest absolute Gasteiger partial charge is 0.233 e. The summed E-state index contributed by atoms with van der Waals surface area (Å²) >= 11 is 0. The first-order chi connectivity index (χ1) is 12.7. The fraction of sp³-hybridized carbons (Fsp3) is 0.263. The molecule has 2 aromatic carbocycles. The molecule has 1 fully saturated rings. The number of benzene rings is 2. The number of H-pyrrole nitrogens is 1. The van der Waals surface area contributed by atoms with E-state index in [0.717, 1.165) is 16.7 Å². The van der Waals surface area contributed by atoms with Gasteiger partial charge in [-0.3, -0.25) is 4.79 Å². The second-order valence-corrected chi connectivity index (χ2v) is 6.90. The van der Waals surface area contributed by atoms with Gasteiger partial charge in [0.1, 0.15) is 5.82 Å². The number of nitrogens with zero attached hydrogens (tertiary/aromatic N) is 4. The summed E-state index contributed by atoms with van der Waals surface area (Å²) in [4.78, 5) is 15.1. The van der Waals surface area contributed by atoms with Crippen LogP contribution in [0.2, 0.25) is 0 Å². The van der Waals surface area contributed by atoms with Crippen molar-refractivity contribution in [3.63, 3.8) is 0 Å². The minimum atomic E-state index is -0.709. The van der Waals surface area contributed by atoms with E-state index in [2.05, 4.69) is 20.6 Å². The first kappa shape index (κ1) is 15.2. The number of fused-ring (bicyclic) bond motifs is 1. The molecular weight excluding hydrogens is 333 g/mol. The number of hydrogen-bond acceptors (Lipinski definition) is 4. The number of nitrogens with one attached hydrogen (secondary N) is 1. The van der Waals surface area contributed by atoms with Gasteiger partial charge in [-0.25, -0.2) is 4.39 Å². The molecule has 5 rings (SSSR count). The lowest BCUT2D eigenvalue weighted by Gasteiger charge is -2.23. The van der Waals surface area contributed by atoms with Crippen molar-refractivity contribution in [1.82, 2.24) is 25.5 Å². The van der Waals surface area contributed by atoms with Crippen LogP contribution in [0.25, 0.3) is 11.4 Å². The van der Waals surface area contributed by atoms with Gasteiger partial charge >= 0.3 is 0 Å². The minimum Gasteiger partial charge on any atom is -0.333 e. The molecular formula is C19H16FN5O. The van der Waals surface area contributed by atoms with Crippen LogP contribution in [0.5, 0.6) is 0 Å². The van der Waals surface area contributed by atoms with Crippen LogP contribution in [0.1, 0.15) is 29.5 Å². The average Bonchev–Trinajstić information content (AvgIpc) is 3.08. The largest absolute Gasteiger partial charge is 0.333 e. The Kier molecular flexibility index (Phi) is 3.19. The highest BCUT2D eigenvalue weighted by Crippen LogP contribution is 2.51. The molecule has 130 valence electrons. The van der Waals surface area contributed by atoms with E-state index in [9.17, 15) is 9.18 Å². The van der Waals surface area contributed by atoms with Gasteiger partial charge in [0.2, 0.25) is 11.7 Å². The van der Waals surface area contributed by atoms with Gasteiger partial charge in [0.15, 0.2) is 0 Å². The normalized spacial score (nSPS) is 17.2. The topological polar surface area (TPSA) is 74.8 Å². The summed E-state index contributed by atoms with van der Waals surface area (Å²) in [5.41, 5.74) is 2.79. The Morgan fingerprint density at radius 3 is 2.69 bits per heavy atom.